The first-order valence-corrected chi connectivity index (χ1v) is 8.31. The van der Waals surface area contributed by atoms with Crippen molar-refractivity contribution in [1.29, 1.82) is 0 Å². The first-order chi connectivity index (χ1) is 9.10. The number of carbonyl (C=O) groups is 1. The van der Waals surface area contributed by atoms with E-state index in [-0.39, 0.29) is 17.3 Å². The minimum Gasteiger partial charge on any atom is -0.375 e. The second kappa shape index (κ2) is 5.30. The molecule has 0 radical (unpaired) electrons. The zero-order valence-electron chi connectivity index (χ0n) is 10.6. The van der Waals surface area contributed by atoms with Gasteiger partial charge in [0.2, 0.25) is 0 Å². The summed E-state index contributed by atoms with van der Waals surface area (Å²) in [5.41, 5.74) is 0.813. The van der Waals surface area contributed by atoms with E-state index in [9.17, 15) is 4.79 Å². The highest BCUT2D eigenvalue weighted by Gasteiger charge is 2.44. The Balaban J connectivity index is 1.81. The molecule has 0 amide bonds. The van der Waals surface area contributed by atoms with E-state index in [2.05, 4.69) is 31.9 Å². The van der Waals surface area contributed by atoms with E-state index in [1.807, 2.05) is 18.2 Å². The van der Waals surface area contributed by atoms with Gasteiger partial charge in [-0.1, -0.05) is 31.9 Å². The molecule has 2 fully saturated rings. The maximum Gasteiger partial charge on any atom is 0.167 e. The number of benzene rings is 1. The highest BCUT2D eigenvalue weighted by atomic mass is 79.9. The summed E-state index contributed by atoms with van der Waals surface area (Å²) in [4.78, 5) is 12.7. The third-order valence-corrected chi connectivity index (χ3v) is 5.51. The molecule has 1 heterocycles. The average Bonchev–Trinajstić information content (AvgIpc) is 2.39. The maximum atomic E-state index is 12.7. The summed E-state index contributed by atoms with van der Waals surface area (Å²) < 4.78 is 7.73. The van der Waals surface area contributed by atoms with Gasteiger partial charge < -0.3 is 4.74 Å². The molecule has 1 unspecified atom stereocenters. The standard InChI is InChI=1S/C15H16Br2O2/c16-11-2-3-13(17)12(8-11)14(18)10-4-7-19-15(9-10)5-1-6-15/h2-3,8,10H,1,4-7,9H2. The molecule has 19 heavy (non-hydrogen) atoms. The average molecular weight is 388 g/mol. The molecular formula is C15H16Br2O2. The van der Waals surface area contributed by atoms with Crippen molar-refractivity contribution in [3.63, 3.8) is 0 Å². The fourth-order valence-corrected chi connectivity index (χ4v) is 3.88. The monoisotopic (exact) mass is 386 g/mol. The normalized spacial score (nSPS) is 25.1. The van der Waals surface area contributed by atoms with Crippen LogP contribution in [-0.4, -0.2) is 18.0 Å². The smallest absolute Gasteiger partial charge is 0.167 e. The predicted molar refractivity (Wildman–Crippen MR) is 81.4 cm³/mol. The van der Waals surface area contributed by atoms with E-state index < -0.39 is 0 Å². The van der Waals surface area contributed by atoms with Gasteiger partial charge >= 0.3 is 0 Å². The first-order valence-electron chi connectivity index (χ1n) is 6.73. The first kappa shape index (κ1) is 13.8. The summed E-state index contributed by atoms with van der Waals surface area (Å²) in [6.07, 6.45) is 5.22. The topological polar surface area (TPSA) is 26.3 Å². The molecule has 4 heteroatoms. The zero-order chi connectivity index (χ0) is 13.5. The van der Waals surface area contributed by atoms with Crippen molar-refractivity contribution in [2.24, 2.45) is 5.92 Å². The quantitative estimate of drug-likeness (QED) is 0.685. The fourth-order valence-electron chi connectivity index (χ4n) is 3.08. The van der Waals surface area contributed by atoms with Crippen molar-refractivity contribution in [2.45, 2.75) is 37.7 Å². The lowest BCUT2D eigenvalue weighted by molar-refractivity contribution is -0.137. The summed E-state index contributed by atoms with van der Waals surface area (Å²) in [5, 5.41) is 0. The minimum atomic E-state index is 0.0249. The summed E-state index contributed by atoms with van der Waals surface area (Å²) in [6.45, 7) is 0.724. The number of ether oxygens (including phenoxy) is 1. The molecule has 1 aliphatic heterocycles. The molecule has 1 aromatic rings. The van der Waals surface area contributed by atoms with Crippen molar-refractivity contribution in [3.05, 3.63) is 32.7 Å². The lowest BCUT2D eigenvalue weighted by atomic mass is 9.70. The molecule has 0 bridgehead atoms. The van der Waals surface area contributed by atoms with Crippen LogP contribution >= 0.6 is 31.9 Å². The van der Waals surface area contributed by atoms with Gasteiger partial charge in [-0.25, -0.2) is 0 Å². The van der Waals surface area contributed by atoms with Crippen LogP contribution in [0.15, 0.2) is 27.1 Å². The van der Waals surface area contributed by atoms with E-state index in [0.29, 0.717) is 0 Å². The Labute approximate surface area is 130 Å². The molecule has 2 aliphatic rings. The Bertz CT molecular complexity index is 509. The predicted octanol–water partition coefficient (Wildman–Crippen LogP) is 4.74. The molecule has 1 saturated heterocycles. The van der Waals surface area contributed by atoms with E-state index in [1.165, 1.54) is 6.42 Å². The van der Waals surface area contributed by atoms with Crippen molar-refractivity contribution >= 4 is 37.6 Å². The van der Waals surface area contributed by atoms with Gasteiger partial charge in [0.05, 0.1) is 5.60 Å². The van der Waals surface area contributed by atoms with Crippen LogP contribution in [0.3, 0.4) is 0 Å². The van der Waals surface area contributed by atoms with Gasteiger partial charge in [0.15, 0.2) is 5.78 Å². The maximum absolute atomic E-state index is 12.7. The van der Waals surface area contributed by atoms with Crippen LogP contribution < -0.4 is 0 Å². The Morgan fingerprint density at radius 2 is 2.11 bits per heavy atom. The Morgan fingerprint density at radius 1 is 1.32 bits per heavy atom. The Morgan fingerprint density at radius 3 is 2.79 bits per heavy atom. The van der Waals surface area contributed by atoms with Gasteiger partial charge in [0, 0.05) is 27.0 Å². The fraction of sp³-hybridized carbons (Fsp3) is 0.533. The number of ketones is 1. The molecule has 2 nitrogen and oxygen atoms in total. The summed E-state index contributed by atoms with van der Waals surface area (Å²) in [5.74, 6) is 0.363. The van der Waals surface area contributed by atoms with E-state index in [1.54, 1.807) is 0 Å². The van der Waals surface area contributed by atoms with Crippen LogP contribution in [-0.2, 0) is 4.74 Å². The molecular weight excluding hydrogens is 372 g/mol. The molecule has 0 aromatic heterocycles. The molecule has 1 saturated carbocycles. The number of hydrogen-bond donors (Lipinski definition) is 0. The van der Waals surface area contributed by atoms with E-state index in [4.69, 9.17) is 4.74 Å². The van der Waals surface area contributed by atoms with Crippen LogP contribution in [0, 0.1) is 5.92 Å². The molecule has 0 N–H and O–H groups in total. The molecule has 1 aliphatic carbocycles. The van der Waals surface area contributed by atoms with Crippen molar-refractivity contribution in [1.82, 2.24) is 0 Å². The van der Waals surface area contributed by atoms with Crippen LogP contribution in [0.25, 0.3) is 0 Å². The Hall–Kier alpha value is -0.190. The molecule has 3 rings (SSSR count). The number of halogens is 2. The molecule has 1 aromatic carbocycles. The van der Waals surface area contributed by atoms with Gasteiger partial charge in [-0.3, -0.25) is 4.79 Å². The number of carbonyl (C=O) groups excluding carboxylic acids is 1. The molecule has 1 spiro atoms. The van der Waals surface area contributed by atoms with Crippen LogP contribution in [0.2, 0.25) is 0 Å². The van der Waals surface area contributed by atoms with Gasteiger partial charge in [-0.15, -0.1) is 0 Å². The van der Waals surface area contributed by atoms with E-state index >= 15 is 0 Å². The third-order valence-electron chi connectivity index (χ3n) is 4.32. The largest absolute Gasteiger partial charge is 0.375 e. The minimum absolute atomic E-state index is 0.0249. The van der Waals surface area contributed by atoms with Crippen LogP contribution in [0.5, 0.6) is 0 Å². The van der Waals surface area contributed by atoms with Crippen molar-refractivity contribution < 1.29 is 9.53 Å². The number of Topliss-reactive ketones (excluding diaryl/α,β-unsaturated/α-hetero) is 1. The van der Waals surface area contributed by atoms with Crippen molar-refractivity contribution in [3.8, 4) is 0 Å². The number of hydrogen-bond acceptors (Lipinski definition) is 2. The second-order valence-electron chi connectivity index (χ2n) is 5.56. The summed E-state index contributed by atoms with van der Waals surface area (Å²) in [6, 6.07) is 5.78. The van der Waals surface area contributed by atoms with Gasteiger partial charge in [-0.05, 0) is 50.3 Å². The van der Waals surface area contributed by atoms with Gasteiger partial charge in [0.1, 0.15) is 0 Å². The number of rotatable bonds is 2. The van der Waals surface area contributed by atoms with Crippen molar-refractivity contribution in [2.75, 3.05) is 6.61 Å². The highest BCUT2D eigenvalue weighted by molar-refractivity contribution is 9.11. The molecule has 102 valence electrons. The molecule has 1 atom stereocenters. The van der Waals surface area contributed by atoms with Gasteiger partial charge in [0.25, 0.3) is 0 Å². The zero-order valence-corrected chi connectivity index (χ0v) is 13.8. The summed E-state index contributed by atoms with van der Waals surface area (Å²) in [7, 11) is 0. The van der Waals surface area contributed by atoms with E-state index in [0.717, 1.165) is 46.8 Å². The Kier molecular flexibility index (Phi) is 3.84. The lowest BCUT2D eigenvalue weighted by Crippen LogP contribution is -2.47. The lowest BCUT2D eigenvalue weighted by Gasteiger charge is -2.46. The SMILES string of the molecule is O=C(c1cc(Br)ccc1Br)C1CCOC2(CCC2)C1. The van der Waals surface area contributed by atoms with Gasteiger partial charge in [-0.2, -0.15) is 0 Å². The van der Waals surface area contributed by atoms with Crippen LogP contribution in [0.4, 0.5) is 0 Å². The summed E-state index contributed by atoms with van der Waals surface area (Å²) >= 11 is 6.92. The van der Waals surface area contributed by atoms with Crippen LogP contribution in [0.1, 0.15) is 42.5 Å². The second-order valence-corrected chi connectivity index (χ2v) is 7.33. The third kappa shape index (κ3) is 2.67. The highest BCUT2D eigenvalue weighted by Crippen LogP contribution is 2.45.